The van der Waals surface area contributed by atoms with Gasteiger partial charge in [0, 0.05) is 12.2 Å². The van der Waals surface area contributed by atoms with Crippen LogP contribution in [0.25, 0.3) is 0 Å². The van der Waals surface area contributed by atoms with Crippen LogP contribution in [-0.4, -0.2) is 15.9 Å². The number of pyridine rings is 1. The van der Waals surface area contributed by atoms with Crippen LogP contribution in [0.2, 0.25) is 0 Å². The summed E-state index contributed by atoms with van der Waals surface area (Å²) in [5.74, 6) is 0. The van der Waals surface area contributed by atoms with Crippen LogP contribution in [0.1, 0.15) is 33.1 Å². The Morgan fingerprint density at radius 3 is 3.00 bits per heavy atom. The van der Waals surface area contributed by atoms with Crippen molar-refractivity contribution in [2.75, 3.05) is 5.32 Å². The molecule has 1 unspecified atom stereocenters. The fourth-order valence-electron chi connectivity index (χ4n) is 1.50. The minimum absolute atomic E-state index is 0.0332. The van der Waals surface area contributed by atoms with Gasteiger partial charge in [0.2, 0.25) is 0 Å². The topological polar surface area (TPSA) is 68.1 Å². The van der Waals surface area contributed by atoms with Crippen LogP contribution in [0.5, 0.6) is 0 Å². The van der Waals surface area contributed by atoms with Crippen LogP contribution in [-0.2, 0) is 0 Å². The first-order valence-corrected chi connectivity index (χ1v) is 5.50. The van der Waals surface area contributed by atoms with Gasteiger partial charge in [-0.25, -0.2) is 0 Å². The molecule has 0 saturated heterocycles. The fraction of sp³-hybridized carbons (Fsp3) is 0.545. The van der Waals surface area contributed by atoms with Gasteiger partial charge in [0.25, 0.3) is 0 Å². The van der Waals surface area contributed by atoms with Gasteiger partial charge in [-0.05, 0) is 19.4 Å². The summed E-state index contributed by atoms with van der Waals surface area (Å²) in [6.07, 6.45) is 6.09. The van der Waals surface area contributed by atoms with Crippen molar-refractivity contribution in [1.82, 2.24) is 4.98 Å². The van der Waals surface area contributed by atoms with Gasteiger partial charge in [0.1, 0.15) is 11.9 Å². The van der Waals surface area contributed by atoms with Gasteiger partial charge in [0.15, 0.2) is 0 Å². The molecule has 0 saturated carbocycles. The SMILES string of the molecule is CCCCC(C)Nc1ccncc1[N+](=O)[O-]. The van der Waals surface area contributed by atoms with Crippen LogP contribution >= 0.6 is 0 Å². The molecule has 88 valence electrons. The molecule has 0 aliphatic heterocycles. The quantitative estimate of drug-likeness (QED) is 0.594. The highest BCUT2D eigenvalue weighted by molar-refractivity contribution is 5.59. The molecule has 0 fully saturated rings. The van der Waals surface area contributed by atoms with Crippen molar-refractivity contribution < 1.29 is 4.92 Å². The number of nitro groups is 1. The highest BCUT2D eigenvalue weighted by Gasteiger charge is 2.14. The number of hydrogen-bond acceptors (Lipinski definition) is 4. The molecule has 1 heterocycles. The molecule has 0 radical (unpaired) electrons. The molecule has 16 heavy (non-hydrogen) atoms. The Balaban J connectivity index is 2.69. The Labute approximate surface area is 95.0 Å². The third-order valence-electron chi connectivity index (χ3n) is 2.39. The van der Waals surface area contributed by atoms with Crippen molar-refractivity contribution in [3.63, 3.8) is 0 Å². The molecule has 5 heteroatoms. The second kappa shape index (κ2) is 6.05. The zero-order valence-electron chi connectivity index (χ0n) is 9.64. The summed E-state index contributed by atoms with van der Waals surface area (Å²) >= 11 is 0. The molecule has 0 amide bonds. The molecule has 1 atom stereocenters. The monoisotopic (exact) mass is 223 g/mol. The molecule has 1 aromatic rings. The van der Waals surface area contributed by atoms with E-state index in [1.54, 1.807) is 12.3 Å². The molecule has 5 nitrogen and oxygen atoms in total. The zero-order chi connectivity index (χ0) is 12.0. The van der Waals surface area contributed by atoms with Crippen LogP contribution < -0.4 is 5.32 Å². The molecule has 0 spiro atoms. The predicted octanol–water partition coefficient (Wildman–Crippen LogP) is 2.98. The van der Waals surface area contributed by atoms with Gasteiger partial charge in [-0.2, -0.15) is 0 Å². The normalized spacial score (nSPS) is 12.1. The summed E-state index contributed by atoms with van der Waals surface area (Å²) in [7, 11) is 0. The number of nitrogens with one attached hydrogen (secondary N) is 1. The number of anilines is 1. The second-order valence-electron chi connectivity index (χ2n) is 3.84. The highest BCUT2D eigenvalue weighted by atomic mass is 16.6. The lowest BCUT2D eigenvalue weighted by Gasteiger charge is -2.14. The van der Waals surface area contributed by atoms with E-state index in [1.165, 1.54) is 6.20 Å². The number of hydrogen-bond donors (Lipinski definition) is 1. The summed E-state index contributed by atoms with van der Waals surface area (Å²) in [6, 6.07) is 1.88. The van der Waals surface area contributed by atoms with Crippen molar-refractivity contribution >= 4 is 11.4 Å². The van der Waals surface area contributed by atoms with Crippen molar-refractivity contribution in [3.8, 4) is 0 Å². The molecule has 1 rings (SSSR count). The van der Waals surface area contributed by atoms with E-state index in [2.05, 4.69) is 17.2 Å². The molecule has 1 aromatic heterocycles. The van der Waals surface area contributed by atoms with Gasteiger partial charge in [-0.15, -0.1) is 0 Å². The fourth-order valence-corrected chi connectivity index (χ4v) is 1.50. The van der Waals surface area contributed by atoms with Crippen LogP contribution in [0.4, 0.5) is 11.4 Å². The van der Waals surface area contributed by atoms with E-state index in [9.17, 15) is 10.1 Å². The lowest BCUT2D eigenvalue weighted by molar-refractivity contribution is -0.384. The van der Waals surface area contributed by atoms with Crippen LogP contribution in [0.3, 0.4) is 0 Å². The summed E-state index contributed by atoms with van der Waals surface area (Å²) in [5.41, 5.74) is 0.578. The maximum Gasteiger partial charge on any atom is 0.310 e. The summed E-state index contributed by atoms with van der Waals surface area (Å²) in [6.45, 7) is 4.15. The largest absolute Gasteiger partial charge is 0.377 e. The van der Waals surface area contributed by atoms with E-state index in [-0.39, 0.29) is 11.7 Å². The van der Waals surface area contributed by atoms with Crippen LogP contribution in [0.15, 0.2) is 18.5 Å². The summed E-state index contributed by atoms with van der Waals surface area (Å²) in [4.78, 5) is 14.1. The predicted molar refractivity (Wildman–Crippen MR) is 63.5 cm³/mol. The first-order valence-electron chi connectivity index (χ1n) is 5.50. The Hall–Kier alpha value is -1.65. The van der Waals surface area contributed by atoms with Gasteiger partial charge in [-0.3, -0.25) is 15.1 Å². The van der Waals surface area contributed by atoms with Gasteiger partial charge >= 0.3 is 5.69 Å². The maximum atomic E-state index is 10.7. The maximum absolute atomic E-state index is 10.7. The van der Waals surface area contributed by atoms with E-state index in [0.717, 1.165) is 19.3 Å². The third kappa shape index (κ3) is 3.49. The summed E-state index contributed by atoms with van der Waals surface area (Å²) < 4.78 is 0. The molecule has 1 N–H and O–H groups in total. The van der Waals surface area contributed by atoms with Gasteiger partial charge < -0.3 is 5.32 Å². The average molecular weight is 223 g/mol. The lowest BCUT2D eigenvalue weighted by atomic mass is 10.1. The van der Waals surface area contributed by atoms with E-state index in [0.29, 0.717) is 5.69 Å². The number of unbranched alkanes of at least 4 members (excludes halogenated alkanes) is 1. The highest BCUT2D eigenvalue weighted by Crippen LogP contribution is 2.23. The van der Waals surface area contributed by atoms with Crippen molar-refractivity contribution in [3.05, 3.63) is 28.6 Å². The Morgan fingerprint density at radius 2 is 2.38 bits per heavy atom. The van der Waals surface area contributed by atoms with Crippen LogP contribution in [0, 0.1) is 10.1 Å². The Morgan fingerprint density at radius 1 is 1.62 bits per heavy atom. The first kappa shape index (κ1) is 12.4. The first-order chi connectivity index (χ1) is 7.65. The summed E-state index contributed by atoms with van der Waals surface area (Å²) in [5, 5.41) is 13.9. The van der Waals surface area contributed by atoms with Gasteiger partial charge in [0.05, 0.1) is 4.92 Å². The molecule has 0 bridgehead atoms. The van der Waals surface area contributed by atoms with Crippen molar-refractivity contribution in [2.45, 2.75) is 39.2 Å². The second-order valence-corrected chi connectivity index (χ2v) is 3.84. The number of aromatic nitrogens is 1. The zero-order valence-corrected chi connectivity index (χ0v) is 9.64. The number of nitrogens with zero attached hydrogens (tertiary/aromatic N) is 2. The third-order valence-corrected chi connectivity index (χ3v) is 2.39. The van der Waals surface area contributed by atoms with E-state index < -0.39 is 4.92 Å². The molecule has 0 aliphatic rings. The smallest absolute Gasteiger partial charge is 0.310 e. The lowest BCUT2D eigenvalue weighted by Crippen LogP contribution is -2.15. The molecular weight excluding hydrogens is 206 g/mol. The molecule has 0 aliphatic carbocycles. The average Bonchev–Trinajstić information content (AvgIpc) is 2.27. The van der Waals surface area contributed by atoms with Gasteiger partial charge in [-0.1, -0.05) is 19.8 Å². The van der Waals surface area contributed by atoms with Crippen molar-refractivity contribution in [2.24, 2.45) is 0 Å². The molecule has 0 aromatic carbocycles. The van der Waals surface area contributed by atoms with Crippen molar-refractivity contribution in [1.29, 1.82) is 0 Å². The molecular formula is C11H17N3O2. The Bertz CT molecular complexity index is 355. The van der Waals surface area contributed by atoms with E-state index in [4.69, 9.17) is 0 Å². The standard InChI is InChI=1S/C11H17N3O2/c1-3-4-5-9(2)13-10-6-7-12-8-11(10)14(15)16/h6-9H,3-5H2,1-2H3,(H,12,13). The number of rotatable bonds is 6. The minimum atomic E-state index is -0.415. The Kier molecular flexibility index (Phi) is 4.69. The van der Waals surface area contributed by atoms with E-state index >= 15 is 0 Å². The van der Waals surface area contributed by atoms with E-state index in [1.807, 2.05) is 6.92 Å². The minimum Gasteiger partial charge on any atom is -0.377 e.